The molecule has 0 saturated heterocycles. The molecular weight excluding hydrogens is 264 g/mol. The van der Waals surface area contributed by atoms with E-state index in [2.05, 4.69) is 10.5 Å². The maximum Gasteiger partial charge on any atom is 0.232 e. The van der Waals surface area contributed by atoms with Gasteiger partial charge in [-0.15, -0.1) is 0 Å². The topological polar surface area (TPSA) is 50.7 Å². The molecule has 116 valence electrons. The van der Waals surface area contributed by atoms with Gasteiger partial charge in [0, 0.05) is 17.7 Å². The first-order chi connectivity index (χ1) is 9.93. The molecule has 0 unspecified atom stereocenters. The molecule has 0 saturated carbocycles. The number of nitrogens with one attached hydrogen (secondary N) is 1. The standard InChI is InChI=1S/C17H26N2O2/c1-7-9-10-11-12-14(5)15(6)17(21-18-8-2)19-16(20)13(3)4/h7-13H,1-6H3,(H,19,20)/b9-7-,11-10-,14-12+,17-15+,18-8-. The summed E-state index contributed by atoms with van der Waals surface area (Å²) in [5.74, 6) is 0.133. The van der Waals surface area contributed by atoms with Crippen molar-refractivity contribution in [3.8, 4) is 0 Å². The van der Waals surface area contributed by atoms with Crippen LogP contribution in [0.5, 0.6) is 0 Å². The van der Waals surface area contributed by atoms with E-state index in [-0.39, 0.29) is 11.8 Å². The van der Waals surface area contributed by atoms with E-state index in [1.807, 2.05) is 65.0 Å². The fourth-order valence-electron chi connectivity index (χ4n) is 1.23. The maximum atomic E-state index is 11.8. The highest BCUT2D eigenvalue weighted by Crippen LogP contribution is 2.14. The number of nitrogens with zero attached hydrogens (tertiary/aromatic N) is 1. The average Bonchev–Trinajstić information content (AvgIpc) is 2.46. The number of carbonyl (C=O) groups is 1. The molecule has 0 aromatic rings. The highest BCUT2D eigenvalue weighted by Gasteiger charge is 2.13. The summed E-state index contributed by atoms with van der Waals surface area (Å²) in [6.07, 6.45) is 11.3. The first kappa shape index (κ1) is 18.9. The van der Waals surface area contributed by atoms with Crippen LogP contribution in [0.1, 0.15) is 41.5 Å². The number of hydrogen-bond acceptors (Lipinski definition) is 3. The van der Waals surface area contributed by atoms with E-state index in [9.17, 15) is 4.79 Å². The van der Waals surface area contributed by atoms with Gasteiger partial charge in [-0.2, -0.15) is 0 Å². The van der Waals surface area contributed by atoms with E-state index in [0.717, 1.165) is 11.1 Å². The molecule has 4 nitrogen and oxygen atoms in total. The third kappa shape index (κ3) is 7.92. The zero-order valence-electron chi connectivity index (χ0n) is 13.8. The number of carbonyl (C=O) groups excluding carboxylic acids is 1. The Morgan fingerprint density at radius 2 is 1.81 bits per heavy atom. The molecule has 0 heterocycles. The van der Waals surface area contributed by atoms with Crippen LogP contribution >= 0.6 is 0 Å². The maximum absolute atomic E-state index is 11.8. The summed E-state index contributed by atoms with van der Waals surface area (Å²) in [5, 5.41) is 6.50. The molecule has 0 aliphatic carbocycles. The van der Waals surface area contributed by atoms with Gasteiger partial charge in [-0.1, -0.05) is 49.4 Å². The Labute approximate surface area is 127 Å². The number of allylic oxidation sites excluding steroid dienone is 7. The van der Waals surface area contributed by atoms with Crippen molar-refractivity contribution in [3.05, 3.63) is 47.4 Å². The van der Waals surface area contributed by atoms with Crippen molar-refractivity contribution in [1.82, 2.24) is 5.32 Å². The van der Waals surface area contributed by atoms with Crippen LogP contribution < -0.4 is 5.32 Å². The summed E-state index contributed by atoms with van der Waals surface area (Å²) in [4.78, 5) is 17.1. The fourth-order valence-corrected chi connectivity index (χ4v) is 1.23. The SMILES string of the molecule is C\C=C/C=C\C=C(C)\C(C)=C(/NC(=O)C(C)C)O/N=C\C. The minimum absolute atomic E-state index is 0.104. The Bertz CT molecular complexity index is 481. The van der Waals surface area contributed by atoms with Gasteiger partial charge >= 0.3 is 0 Å². The second-order valence-electron chi connectivity index (χ2n) is 4.81. The van der Waals surface area contributed by atoms with Crippen LogP contribution in [0, 0.1) is 5.92 Å². The fraction of sp³-hybridized carbons (Fsp3) is 0.412. The normalized spacial score (nSPS) is 14.3. The average molecular weight is 290 g/mol. The number of hydrogen-bond donors (Lipinski definition) is 1. The van der Waals surface area contributed by atoms with Crippen molar-refractivity contribution < 1.29 is 9.63 Å². The molecule has 0 spiro atoms. The molecule has 0 aliphatic heterocycles. The lowest BCUT2D eigenvalue weighted by Crippen LogP contribution is -2.28. The lowest BCUT2D eigenvalue weighted by atomic mass is 10.1. The van der Waals surface area contributed by atoms with Gasteiger partial charge in [0.1, 0.15) is 0 Å². The van der Waals surface area contributed by atoms with Crippen molar-refractivity contribution in [2.45, 2.75) is 41.5 Å². The van der Waals surface area contributed by atoms with Gasteiger partial charge in [0.25, 0.3) is 0 Å². The van der Waals surface area contributed by atoms with Crippen LogP contribution in [0.25, 0.3) is 0 Å². The van der Waals surface area contributed by atoms with E-state index in [0.29, 0.717) is 5.88 Å². The zero-order chi connectivity index (χ0) is 16.3. The van der Waals surface area contributed by atoms with Gasteiger partial charge < -0.3 is 4.84 Å². The largest absolute Gasteiger partial charge is 0.339 e. The molecule has 0 atom stereocenters. The summed E-state index contributed by atoms with van der Waals surface area (Å²) in [6, 6.07) is 0. The van der Waals surface area contributed by atoms with Crippen LogP contribution in [0.4, 0.5) is 0 Å². The van der Waals surface area contributed by atoms with Crippen molar-refractivity contribution in [1.29, 1.82) is 0 Å². The molecular formula is C17H26N2O2. The Morgan fingerprint density at radius 1 is 1.14 bits per heavy atom. The molecule has 0 aromatic heterocycles. The smallest absolute Gasteiger partial charge is 0.232 e. The Kier molecular flexibility index (Phi) is 9.59. The number of amides is 1. The Balaban J connectivity index is 5.27. The van der Waals surface area contributed by atoms with Crippen molar-refractivity contribution in [3.63, 3.8) is 0 Å². The van der Waals surface area contributed by atoms with Gasteiger partial charge in [0.05, 0.1) is 0 Å². The summed E-state index contributed by atoms with van der Waals surface area (Å²) in [5.41, 5.74) is 1.82. The third-order valence-corrected chi connectivity index (χ3v) is 2.70. The summed E-state index contributed by atoms with van der Waals surface area (Å²) >= 11 is 0. The van der Waals surface area contributed by atoms with Crippen LogP contribution in [0.2, 0.25) is 0 Å². The van der Waals surface area contributed by atoms with Crippen LogP contribution in [-0.4, -0.2) is 12.1 Å². The van der Waals surface area contributed by atoms with Crippen LogP contribution in [0.15, 0.2) is 52.6 Å². The summed E-state index contributed by atoms with van der Waals surface area (Å²) < 4.78 is 0. The predicted octanol–water partition coefficient (Wildman–Crippen LogP) is 4.09. The minimum atomic E-state index is -0.124. The molecule has 4 heteroatoms. The van der Waals surface area contributed by atoms with E-state index >= 15 is 0 Å². The summed E-state index contributed by atoms with van der Waals surface area (Å²) in [6.45, 7) is 11.2. The molecule has 0 radical (unpaired) electrons. The Morgan fingerprint density at radius 3 is 2.33 bits per heavy atom. The minimum Gasteiger partial charge on any atom is -0.339 e. The van der Waals surface area contributed by atoms with E-state index in [1.54, 1.807) is 6.92 Å². The lowest BCUT2D eigenvalue weighted by Gasteiger charge is -2.13. The van der Waals surface area contributed by atoms with Crippen molar-refractivity contribution in [2.24, 2.45) is 11.1 Å². The molecule has 0 aromatic carbocycles. The highest BCUT2D eigenvalue weighted by molar-refractivity contribution is 5.79. The Hall–Kier alpha value is -2.10. The molecule has 1 N–H and O–H groups in total. The molecule has 0 rings (SSSR count). The second kappa shape index (κ2) is 10.7. The van der Waals surface area contributed by atoms with Crippen LogP contribution in [-0.2, 0) is 9.63 Å². The first-order valence-electron chi connectivity index (χ1n) is 7.07. The molecule has 0 bridgehead atoms. The highest BCUT2D eigenvalue weighted by atomic mass is 16.6. The monoisotopic (exact) mass is 290 g/mol. The van der Waals surface area contributed by atoms with Crippen molar-refractivity contribution >= 4 is 12.1 Å². The molecule has 1 amide bonds. The first-order valence-corrected chi connectivity index (χ1v) is 7.07. The van der Waals surface area contributed by atoms with Crippen molar-refractivity contribution in [2.75, 3.05) is 0 Å². The number of rotatable bonds is 7. The lowest BCUT2D eigenvalue weighted by molar-refractivity contribution is -0.124. The molecule has 0 fully saturated rings. The predicted molar refractivity (Wildman–Crippen MR) is 88.6 cm³/mol. The van der Waals surface area contributed by atoms with Gasteiger partial charge in [0.15, 0.2) is 0 Å². The zero-order valence-corrected chi connectivity index (χ0v) is 13.8. The molecule has 0 aliphatic rings. The van der Waals surface area contributed by atoms with E-state index in [4.69, 9.17) is 4.84 Å². The quantitative estimate of drug-likeness (QED) is 0.332. The van der Waals surface area contributed by atoms with Crippen LogP contribution in [0.3, 0.4) is 0 Å². The summed E-state index contributed by atoms with van der Waals surface area (Å²) in [7, 11) is 0. The molecule has 21 heavy (non-hydrogen) atoms. The van der Waals surface area contributed by atoms with E-state index in [1.165, 1.54) is 6.21 Å². The third-order valence-electron chi connectivity index (χ3n) is 2.70. The van der Waals surface area contributed by atoms with Gasteiger partial charge in [-0.3, -0.25) is 10.1 Å². The number of oxime groups is 1. The van der Waals surface area contributed by atoms with Gasteiger partial charge in [-0.05, 0) is 33.3 Å². The second-order valence-corrected chi connectivity index (χ2v) is 4.81. The van der Waals surface area contributed by atoms with E-state index < -0.39 is 0 Å². The van der Waals surface area contributed by atoms with Gasteiger partial charge in [0.2, 0.25) is 11.8 Å². The van der Waals surface area contributed by atoms with Gasteiger partial charge in [-0.25, -0.2) is 0 Å².